The van der Waals surface area contributed by atoms with Gasteiger partial charge in [0, 0.05) is 0 Å². The molecule has 3 aliphatic rings. The van der Waals surface area contributed by atoms with Gasteiger partial charge in [-0.25, -0.2) is 0 Å². The Hall–Kier alpha value is -0.980. The number of hydrogen-bond acceptors (Lipinski definition) is 0. The number of rotatable bonds is 1. The molecule has 0 spiro atoms. The SMILES string of the molecule is C[Si]1(C)C2=[C]([Zr])CC(C3c4ccccc4-c4ccccc43)=C21. The molecule has 2 aromatic carbocycles. The molecule has 0 bridgehead atoms. The molecule has 1 aliphatic heterocycles. The summed E-state index contributed by atoms with van der Waals surface area (Å²) in [6, 6.07) is 18.1. The van der Waals surface area contributed by atoms with Crippen LogP contribution >= 0.6 is 0 Å². The Morgan fingerprint density at radius 1 is 0.864 bits per heavy atom. The molecule has 0 N–H and O–H groups in total. The summed E-state index contributed by atoms with van der Waals surface area (Å²) in [4.78, 5) is 0. The molecule has 0 unspecified atom stereocenters. The second-order valence-electron chi connectivity index (χ2n) is 7.16. The molecule has 0 atom stereocenters. The van der Waals surface area contributed by atoms with E-state index in [9.17, 15) is 0 Å². The summed E-state index contributed by atoms with van der Waals surface area (Å²) in [6.07, 6.45) is 1.24. The van der Waals surface area contributed by atoms with E-state index in [-0.39, 0.29) is 0 Å². The van der Waals surface area contributed by atoms with E-state index in [1.165, 1.54) is 28.7 Å². The maximum absolute atomic E-state index is 2.54. The molecule has 105 valence electrons. The number of fused-ring (bicyclic) bond motifs is 4. The molecule has 1 heterocycles. The van der Waals surface area contributed by atoms with E-state index >= 15 is 0 Å². The molecule has 0 nitrogen and oxygen atoms in total. The van der Waals surface area contributed by atoms with Gasteiger partial charge >= 0.3 is 148 Å². The predicted molar refractivity (Wildman–Crippen MR) is 89.9 cm³/mol. The fourth-order valence-electron chi connectivity index (χ4n) is 4.70. The van der Waals surface area contributed by atoms with E-state index in [1.54, 1.807) is 33.6 Å². The van der Waals surface area contributed by atoms with Crippen molar-refractivity contribution in [3.63, 3.8) is 0 Å². The third-order valence-corrected chi connectivity index (χ3v) is 10.6. The van der Waals surface area contributed by atoms with Crippen molar-refractivity contribution >= 4 is 8.07 Å². The molecule has 5 rings (SSSR count). The topological polar surface area (TPSA) is 0 Å². The van der Waals surface area contributed by atoms with Crippen molar-refractivity contribution in [3.8, 4) is 11.1 Å². The second-order valence-corrected chi connectivity index (χ2v) is 12.9. The molecule has 1 fully saturated rings. The first-order chi connectivity index (χ1) is 10.6. The molecule has 22 heavy (non-hydrogen) atoms. The van der Waals surface area contributed by atoms with Crippen molar-refractivity contribution in [2.75, 3.05) is 0 Å². The average Bonchev–Trinajstić information content (AvgIpc) is 2.82. The third-order valence-electron chi connectivity index (χ3n) is 5.61. The molecule has 0 saturated carbocycles. The fourth-order valence-corrected chi connectivity index (χ4v) is 12.0. The molecule has 2 heteroatoms. The van der Waals surface area contributed by atoms with E-state index in [0.29, 0.717) is 5.92 Å². The Morgan fingerprint density at radius 2 is 1.41 bits per heavy atom. The van der Waals surface area contributed by atoms with Gasteiger partial charge in [0.15, 0.2) is 0 Å². The Balaban J connectivity index is 1.76. The monoisotopic (exact) mass is 375 g/mol. The fraction of sp³-hybridized carbons (Fsp3) is 0.200. The van der Waals surface area contributed by atoms with Gasteiger partial charge in [-0.05, 0) is 0 Å². The van der Waals surface area contributed by atoms with Crippen LogP contribution in [0.2, 0.25) is 13.1 Å². The van der Waals surface area contributed by atoms with Gasteiger partial charge in [0.25, 0.3) is 0 Å². The molecule has 0 radical (unpaired) electrons. The van der Waals surface area contributed by atoms with Crippen LogP contribution in [0.5, 0.6) is 0 Å². The Bertz CT molecular complexity index is 856. The van der Waals surface area contributed by atoms with Gasteiger partial charge in [-0.15, -0.1) is 0 Å². The van der Waals surface area contributed by atoms with E-state index in [4.69, 9.17) is 0 Å². The minimum absolute atomic E-state index is 0.518. The van der Waals surface area contributed by atoms with Crippen LogP contribution in [-0.4, -0.2) is 8.07 Å². The average molecular weight is 377 g/mol. The van der Waals surface area contributed by atoms with E-state index < -0.39 is 8.07 Å². The van der Waals surface area contributed by atoms with E-state index in [2.05, 4.69) is 61.6 Å². The van der Waals surface area contributed by atoms with Crippen molar-refractivity contribution in [1.82, 2.24) is 0 Å². The molecular formula is C20H17SiZr. The van der Waals surface area contributed by atoms with Crippen LogP contribution in [0.3, 0.4) is 0 Å². The van der Waals surface area contributed by atoms with Crippen molar-refractivity contribution in [1.29, 1.82) is 0 Å². The molecule has 0 amide bonds. The van der Waals surface area contributed by atoms with Crippen LogP contribution in [0.15, 0.2) is 67.8 Å². The van der Waals surface area contributed by atoms with Crippen LogP contribution in [0, 0.1) is 0 Å². The summed E-state index contributed by atoms with van der Waals surface area (Å²) in [5.74, 6) is 0.518. The van der Waals surface area contributed by atoms with Gasteiger partial charge in [0.05, 0.1) is 0 Å². The number of allylic oxidation sites excluding steroid dienone is 4. The maximum atomic E-state index is 2.54. The summed E-state index contributed by atoms with van der Waals surface area (Å²) in [5, 5.41) is 3.64. The molecule has 0 aromatic heterocycles. The molecular weight excluding hydrogens is 360 g/mol. The van der Waals surface area contributed by atoms with E-state index in [0.717, 1.165) is 0 Å². The Kier molecular flexibility index (Phi) is 2.63. The Labute approximate surface area is 147 Å². The zero-order valence-electron chi connectivity index (χ0n) is 12.9. The molecule has 2 aromatic rings. The second kappa shape index (κ2) is 4.30. The van der Waals surface area contributed by atoms with Crippen molar-refractivity contribution in [3.05, 3.63) is 78.9 Å². The van der Waals surface area contributed by atoms with Crippen molar-refractivity contribution in [2.45, 2.75) is 25.4 Å². The third kappa shape index (κ3) is 1.56. The number of benzene rings is 2. The summed E-state index contributed by atoms with van der Waals surface area (Å²) in [6.45, 7) is 5.07. The summed E-state index contributed by atoms with van der Waals surface area (Å²) < 4.78 is 1.75. The van der Waals surface area contributed by atoms with Gasteiger partial charge < -0.3 is 0 Å². The summed E-state index contributed by atoms with van der Waals surface area (Å²) >= 11 is 1.64. The van der Waals surface area contributed by atoms with Gasteiger partial charge in [0.1, 0.15) is 0 Å². The van der Waals surface area contributed by atoms with Crippen LogP contribution in [-0.2, 0) is 24.7 Å². The van der Waals surface area contributed by atoms with Gasteiger partial charge in [-0.1, -0.05) is 0 Å². The quantitative estimate of drug-likeness (QED) is 0.607. The first kappa shape index (κ1) is 13.5. The molecule has 1 saturated heterocycles. The normalized spacial score (nSPS) is 21.0. The Morgan fingerprint density at radius 3 is 1.91 bits per heavy atom. The first-order valence-electron chi connectivity index (χ1n) is 7.98. The van der Waals surface area contributed by atoms with E-state index in [1.807, 2.05) is 10.4 Å². The minimum atomic E-state index is -1.16. The van der Waals surface area contributed by atoms with Crippen LogP contribution in [0.1, 0.15) is 23.5 Å². The zero-order chi connectivity index (χ0) is 15.1. The standard InChI is InChI=1S/C20H17Si.Zr/c1-21(2)18-12-11-17(20(18)21)19-15-9-5-3-7-13(15)14-8-4-6-10-16(14)19;/h3-10,19H,11H2,1-2H3;. The van der Waals surface area contributed by atoms with Gasteiger partial charge in [-0.2, -0.15) is 0 Å². The molecule has 2 aliphatic carbocycles. The van der Waals surface area contributed by atoms with Crippen LogP contribution < -0.4 is 0 Å². The first-order valence-corrected chi connectivity index (χ1v) is 12.2. The van der Waals surface area contributed by atoms with Crippen LogP contribution in [0.4, 0.5) is 0 Å². The number of hydrogen-bond donors (Lipinski definition) is 0. The van der Waals surface area contributed by atoms with Crippen LogP contribution in [0.25, 0.3) is 11.1 Å². The summed E-state index contributed by atoms with van der Waals surface area (Å²) in [5.41, 5.74) is 7.72. The van der Waals surface area contributed by atoms with Gasteiger partial charge in [-0.3, -0.25) is 0 Å². The zero-order valence-corrected chi connectivity index (χ0v) is 16.4. The van der Waals surface area contributed by atoms with Gasteiger partial charge in [0.2, 0.25) is 0 Å². The summed E-state index contributed by atoms with van der Waals surface area (Å²) in [7, 11) is -1.16. The van der Waals surface area contributed by atoms with Crippen molar-refractivity contribution in [2.24, 2.45) is 0 Å². The predicted octanol–water partition coefficient (Wildman–Crippen LogP) is 5.10. The van der Waals surface area contributed by atoms with Crippen molar-refractivity contribution < 1.29 is 24.7 Å².